The number of nitrogens with zero attached hydrogens (tertiary/aromatic N) is 1. The van der Waals surface area contributed by atoms with Crippen LogP contribution in [0.3, 0.4) is 0 Å². The number of aromatic amines is 1. The lowest BCUT2D eigenvalue weighted by molar-refractivity contribution is -0.159. The molecular weight excluding hydrogens is 589 g/mol. The monoisotopic (exact) mass is 621 g/mol. The summed E-state index contributed by atoms with van der Waals surface area (Å²) in [5, 5.41) is 3.10. The van der Waals surface area contributed by atoms with Gasteiger partial charge in [0.05, 0.1) is 0 Å². The fraction of sp³-hybridized carbons (Fsp3) is 0.375. The molecule has 3 heterocycles. The molecule has 1 saturated heterocycles. The Hall–Kier alpha value is -4.32. The first kappa shape index (κ1) is 29.7. The predicted octanol–water partition coefficient (Wildman–Crippen LogP) is 4.01. The van der Waals surface area contributed by atoms with Crippen molar-refractivity contribution < 1.29 is 37.8 Å². The molecule has 6 rings (SSSR count). The van der Waals surface area contributed by atoms with Crippen molar-refractivity contribution in [3.63, 3.8) is 0 Å². The van der Waals surface area contributed by atoms with Crippen LogP contribution < -0.4 is 10.1 Å². The normalized spacial score (nSPS) is 19.0. The fourth-order valence-electron chi connectivity index (χ4n) is 5.74. The number of hydrogen-bond donors (Lipinski definition) is 2. The van der Waals surface area contributed by atoms with Crippen molar-refractivity contribution in [3.8, 4) is 17.0 Å². The molecule has 2 N–H and O–H groups in total. The van der Waals surface area contributed by atoms with Crippen molar-refractivity contribution in [1.82, 2.24) is 15.2 Å². The van der Waals surface area contributed by atoms with E-state index in [0.717, 1.165) is 46.1 Å². The van der Waals surface area contributed by atoms with Gasteiger partial charge in [-0.3, -0.25) is 19.3 Å². The van der Waals surface area contributed by atoms with Crippen LogP contribution in [-0.4, -0.2) is 69.6 Å². The molecule has 2 atom stereocenters. The smallest absolute Gasteiger partial charge is 0.355 e. The zero-order valence-corrected chi connectivity index (χ0v) is 25.6. The maximum absolute atomic E-state index is 13.8. The minimum atomic E-state index is -0.849. The summed E-state index contributed by atoms with van der Waals surface area (Å²) in [6.07, 6.45) is 1.49. The Balaban J connectivity index is 1.10. The van der Waals surface area contributed by atoms with Crippen molar-refractivity contribution in [2.24, 2.45) is 0 Å². The van der Waals surface area contributed by atoms with E-state index in [2.05, 4.69) is 10.3 Å². The lowest BCUT2D eigenvalue weighted by Crippen LogP contribution is -2.71. The number of H-pyrrole nitrogens is 1. The number of β-lactam (4-membered cyclic amide) rings is 1. The average molecular weight is 622 g/mol. The molecule has 2 amide bonds. The predicted molar refractivity (Wildman–Crippen MR) is 161 cm³/mol. The second-order valence-electron chi connectivity index (χ2n) is 12.0. The summed E-state index contributed by atoms with van der Waals surface area (Å²) in [4.78, 5) is 55.2. The molecule has 1 fully saturated rings. The highest BCUT2D eigenvalue weighted by atomic mass is 32.2. The molecule has 10 nitrogen and oxygen atoms in total. The third kappa shape index (κ3) is 5.66. The Morgan fingerprint density at radius 2 is 1.93 bits per heavy atom. The number of benzene rings is 2. The van der Waals surface area contributed by atoms with Gasteiger partial charge in [0.15, 0.2) is 6.61 Å². The maximum atomic E-state index is 13.8. The van der Waals surface area contributed by atoms with Gasteiger partial charge in [-0.2, -0.15) is 0 Å². The molecule has 0 saturated carbocycles. The summed E-state index contributed by atoms with van der Waals surface area (Å²) in [7, 11) is 0. The van der Waals surface area contributed by atoms with E-state index in [1.807, 2.05) is 12.1 Å². The molecule has 3 aliphatic rings. The largest absolute Gasteiger partial charge is 0.484 e. The van der Waals surface area contributed by atoms with E-state index >= 15 is 0 Å². The van der Waals surface area contributed by atoms with E-state index in [1.54, 1.807) is 39.0 Å². The van der Waals surface area contributed by atoms with Gasteiger partial charge >= 0.3 is 11.9 Å². The van der Waals surface area contributed by atoms with E-state index in [9.17, 15) is 23.6 Å². The van der Waals surface area contributed by atoms with Gasteiger partial charge in [-0.1, -0.05) is 0 Å². The number of esters is 2. The third-order valence-corrected chi connectivity index (χ3v) is 8.97. The van der Waals surface area contributed by atoms with Gasteiger partial charge < -0.3 is 24.5 Å². The molecule has 2 aliphatic heterocycles. The highest BCUT2D eigenvalue weighted by molar-refractivity contribution is 8.00. The Kier molecular flexibility index (Phi) is 7.64. The fourth-order valence-corrected chi connectivity index (χ4v) is 7.07. The molecule has 2 aromatic carbocycles. The molecule has 44 heavy (non-hydrogen) atoms. The van der Waals surface area contributed by atoms with Crippen molar-refractivity contribution in [2.45, 2.75) is 57.6 Å². The summed E-state index contributed by atoms with van der Waals surface area (Å²) in [5.74, 6) is -1.56. The van der Waals surface area contributed by atoms with Crippen LogP contribution >= 0.6 is 11.8 Å². The van der Waals surface area contributed by atoms with Crippen LogP contribution in [0.2, 0.25) is 0 Å². The number of rotatable bonds is 7. The standard InChI is InChI=1S/C32H32FN3O7S/c1-16(37)41-13-18-15-44-30-27(29(39)36(30)28(18)31(40)43-32(2,3)4)35-25(38)14-42-20-7-9-21-17(11-20)5-8-22-23-12-19(33)6-10-24(23)34-26(21)22/h6-7,9-12,27,30,34H,5,8,13-15H2,1-4H3,(H,35,38)/t27-,30-/m1/s1. The van der Waals surface area contributed by atoms with Crippen LogP contribution in [0.25, 0.3) is 22.2 Å². The Morgan fingerprint density at radius 1 is 1.14 bits per heavy atom. The SMILES string of the molecule is CC(=O)OCC1=C(C(=O)OC(C)(C)C)N2C(=O)[C@@H](NC(=O)COc3ccc4c(c3)CCc3c-4[nH]c4ccc(F)cc34)[C@H]2SC1. The highest BCUT2D eigenvalue weighted by Gasteiger charge is 2.54. The van der Waals surface area contributed by atoms with E-state index in [0.29, 0.717) is 17.1 Å². The quantitative estimate of drug-likeness (QED) is 0.300. The number of halogens is 1. The molecule has 3 aromatic rings. The number of aromatic nitrogens is 1. The second-order valence-corrected chi connectivity index (χ2v) is 13.1. The third-order valence-electron chi connectivity index (χ3n) is 7.63. The van der Waals surface area contributed by atoms with Crippen LogP contribution in [-0.2, 0) is 41.5 Å². The number of nitrogens with one attached hydrogen (secondary N) is 2. The Bertz CT molecular complexity index is 1740. The van der Waals surface area contributed by atoms with E-state index in [4.69, 9.17) is 14.2 Å². The lowest BCUT2D eigenvalue weighted by atomic mass is 9.89. The maximum Gasteiger partial charge on any atom is 0.355 e. The van der Waals surface area contributed by atoms with Gasteiger partial charge in [0.25, 0.3) is 11.8 Å². The number of thioether (sulfide) groups is 1. The van der Waals surface area contributed by atoms with Crippen molar-refractivity contribution in [3.05, 3.63) is 64.6 Å². The zero-order valence-electron chi connectivity index (χ0n) is 24.7. The summed E-state index contributed by atoms with van der Waals surface area (Å²) in [6, 6.07) is 9.49. The van der Waals surface area contributed by atoms with Crippen molar-refractivity contribution in [1.29, 1.82) is 0 Å². The molecule has 12 heteroatoms. The topological polar surface area (TPSA) is 127 Å². The van der Waals surface area contributed by atoms with Crippen LogP contribution in [0.4, 0.5) is 4.39 Å². The zero-order chi connectivity index (χ0) is 31.3. The van der Waals surface area contributed by atoms with Crippen molar-refractivity contribution >= 4 is 46.4 Å². The van der Waals surface area contributed by atoms with E-state index < -0.39 is 40.8 Å². The summed E-state index contributed by atoms with van der Waals surface area (Å²) in [6.45, 7) is 5.98. The molecule has 0 unspecified atom stereocenters. The summed E-state index contributed by atoms with van der Waals surface area (Å²) in [5.41, 5.74) is 4.71. The minimum Gasteiger partial charge on any atom is -0.484 e. The van der Waals surface area contributed by atoms with Crippen LogP contribution in [0.15, 0.2) is 47.7 Å². The average Bonchev–Trinajstić information content (AvgIpc) is 3.34. The number of carbonyl (C=O) groups excluding carboxylic acids is 4. The van der Waals surface area contributed by atoms with Gasteiger partial charge in [-0.15, -0.1) is 11.8 Å². The first-order valence-corrected chi connectivity index (χ1v) is 15.3. The summed E-state index contributed by atoms with van der Waals surface area (Å²) >= 11 is 1.36. The Labute approximate surface area is 257 Å². The molecule has 230 valence electrons. The van der Waals surface area contributed by atoms with Crippen molar-refractivity contribution in [2.75, 3.05) is 19.0 Å². The van der Waals surface area contributed by atoms with E-state index in [1.165, 1.54) is 29.7 Å². The lowest BCUT2D eigenvalue weighted by Gasteiger charge is -2.49. The molecule has 0 bridgehead atoms. The number of amides is 2. The number of carbonyl (C=O) groups is 4. The van der Waals surface area contributed by atoms with Gasteiger partial charge in [0.1, 0.15) is 40.9 Å². The Morgan fingerprint density at radius 3 is 2.68 bits per heavy atom. The minimum absolute atomic E-state index is 0.0500. The first-order chi connectivity index (χ1) is 20.9. The van der Waals surface area contributed by atoms with Gasteiger partial charge in [0.2, 0.25) is 0 Å². The van der Waals surface area contributed by atoms with Crippen LogP contribution in [0.5, 0.6) is 5.75 Å². The number of hydrogen-bond acceptors (Lipinski definition) is 8. The number of ether oxygens (including phenoxy) is 3. The van der Waals surface area contributed by atoms with E-state index in [-0.39, 0.29) is 24.7 Å². The summed E-state index contributed by atoms with van der Waals surface area (Å²) < 4.78 is 30.3. The first-order valence-electron chi connectivity index (χ1n) is 14.3. The molecule has 1 aliphatic carbocycles. The molecular formula is C32H32FN3O7S. The molecule has 0 spiro atoms. The van der Waals surface area contributed by atoms with Gasteiger partial charge in [0, 0.05) is 40.4 Å². The van der Waals surface area contributed by atoms with Gasteiger partial charge in [-0.25, -0.2) is 9.18 Å². The van der Waals surface area contributed by atoms with Crippen LogP contribution in [0, 0.1) is 5.82 Å². The molecule has 1 aromatic heterocycles. The number of aryl methyl sites for hydroxylation is 2. The highest BCUT2D eigenvalue weighted by Crippen LogP contribution is 2.42. The van der Waals surface area contributed by atoms with Crippen LogP contribution in [0.1, 0.15) is 38.8 Å². The van der Waals surface area contributed by atoms with Gasteiger partial charge in [-0.05, 0) is 81.1 Å². The number of fused-ring (bicyclic) bond motifs is 6. The molecule has 0 radical (unpaired) electrons. The second kappa shape index (κ2) is 11.3.